The van der Waals surface area contributed by atoms with Gasteiger partial charge in [0.1, 0.15) is 0 Å². The van der Waals surface area contributed by atoms with Gasteiger partial charge in [0.05, 0.1) is 11.0 Å². The number of hydrogen-bond donors (Lipinski definition) is 1. The van der Waals surface area contributed by atoms with Crippen molar-refractivity contribution in [3.8, 4) is 0 Å². The average molecular weight is 327 g/mol. The molecule has 0 radical (unpaired) electrons. The summed E-state index contributed by atoms with van der Waals surface area (Å²) in [4.78, 5) is 9.08. The average Bonchev–Trinajstić information content (AvgIpc) is 2.65. The van der Waals surface area contributed by atoms with Gasteiger partial charge < -0.3 is 5.32 Å². The van der Waals surface area contributed by atoms with E-state index in [1.165, 1.54) is 21.9 Å². The number of aryl methyl sites for hydroxylation is 1. The Bertz CT molecular complexity index is 1020. The van der Waals surface area contributed by atoms with E-state index in [2.05, 4.69) is 69.9 Å². The van der Waals surface area contributed by atoms with E-state index < -0.39 is 0 Å². The summed E-state index contributed by atoms with van der Waals surface area (Å²) in [5, 5.41) is 5.95. The predicted octanol–water partition coefficient (Wildman–Crippen LogP) is 4.42. The lowest BCUT2D eigenvalue weighted by molar-refractivity contribution is 0.688. The van der Waals surface area contributed by atoms with Gasteiger partial charge in [0, 0.05) is 29.2 Å². The summed E-state index contributed by atoms with van der Waals surface area (Å²) in [6, 6.07) is 21.2. The Labute approximate surface area is 147 Å². The second kappa shape index (κ2) is 6.99. The summed E-state index contributed by atoms with van der Waals surface area (Å²) >= 11 is 0. The molecule has 0 spiro atoms. The number of para-hydroxylation sites is 1. The molecule has 0 fully saturated rings. The highest BCUT2D eigenvalue weighted by Crippen LogP contribution is 2.17. The fraction of sp³-hybridized carbons (Fsp3) is 0.182. The first kappa shape index (κ1) is 15.7. The molecule has 0 atom stereocenters. The Morgan fingerprint density at radius 1 is 0.920 bits per heavy atom. The molecule has 0 bridgehead atoms. The van der Waals surface area contributed by atoms with Gasteiger partial charge in [-0.05, 0) is 55.3 Å². The standard InChI is InChI=1S/C22H21N3/c1-16-7-9-20-14-17(8-10-21(20)25-16)15-23-13-11-19-5-2-4-18-6-3-12-24-22(18)19/h2-10,12,14,23H,11,13,15H2,1H3. The first-order valence-electron chi connectivity index (χ1n) is 8.69. The molecule has 2 aromatic carbocycles. The van der Waals surface area contributed by atoms with Crippen molar-refractivity contribution in [2.24, 2.45) is 0 Å². The van der Waals surface area contributed by atoms with Crippen molar-refractivity contribution in [2.45, 2.75) is 19.9 Å². The highest BCUT2D eigenvalue weighted by molar-refractivity contribution is 5.81. The van der Waals surface area contributed by atoms with Gasteiger partial charge in [-0.3, -0.25) is 9.97 Å². The number of rotatable bonds is 5. The number of nitrogens with one attached hydrogen (secondary N) is 1. The molecule has 2 heterocycles. The minimum atomic E-state index is 0.863. The van der Waals surface area contributed by atoms with Gasteiger partial charge in [-0.2, -0.15) is 0 Å². The fourth-order valence-electron chi connectivity index (χ4n) is 3.21. The van der Waals surface area contributed by atoms with Crippen LogP contribution in [0.5, 0.6) is 0 Å². The molecule has 25 heavy (non-hydrogen) atoms. The number of benzene rings is 2. The lowest BCUT2D eigenvalue weighted by Crippen LogP contribution is -2.16. The van der Waals surface area contributed by atoms with E-state index in [1.54, 1.807) is 0 Å². The molecular weight excluding hydrogens is 306 g/mol. The SMILES string of the molecule is Cc1ccc2cc(CNCCc3cccc4cccnc34)ccc2n1. The van der Waals surface area contributed by atoms with E-state index in [0.29, 0.717) is 0 Å². The Kier molecular flexibility index (Phi) is 4.40. The van der Waals surface area contributed by atoms with E-state index in [4.69, 9.17) is 0 Å². The van der Waals surface area contributed by atoms with E-state index in [9.17, 15) is 0 Å². The molecule has 0 aliphatic carbocycles. The third-order valence-electron chi connectivity index (χ3n) is 4.51. The fourth-order valence-corrected chi connectivity index (χ4v) is 3.21. The number of hydrogen-bond acceptors (Lipinski definition) is 3. The Hall–Kier alpha value is -2.78. The van der Waals surface area contributed by atoms with Crippen LogP contribution in [0.1, 0.15) is 16.8 Å². The van der Waals surface area contributed by atoms with E-state index in [1.807, 2.05) is 19.2 Å². The van der Waals surface area contributed by atoms with Crippen LogP contribution in [0.2, 0.25) is 0 Å². The Balaban J connectivity index is 1.40. The molecule has 0 aliphatic heterocycles. The van der Waals surface area contributed by atoms with Crippen LogP contribution < -0.4 is 5.32 Å². The van der Waals surface area contributed by atoms with Crippen LogP contribution in [-0.4, -0.2) is 16.5 Å². The maximum atomic E-state index is 4.55. The van der Waals surface area contributed by atoms with E-state index in [0.717, 1.165) is 36.2 Å². The van der Waals surface area contributed by atoms with Crippen molar-refractivity contribution in [3.63, 3.8) is 0 Å². The van der Waals surface area contributed by atoms with Crippen molar-refractivity contribution >= 4 is 21.8 Å². The molecule has 4 rings (SSSR count). The topological polar surface area (TPSA) is 37.8 Å². The van der Waals surface area contributed by atoms with Crippen molar-refractivity contribution in [1.82, 2.24) is 15.3 Å². The largest absolute Gasteiger partial charge is 0.312 e. The van der Waals surface area contributed by atoms with Crippen LogP contribution in [0, 0.1) is 6.92 Å². The zero-order chi connectivity index (χ0) is 17.1. The number of fused-ring (bicyclic) bond motifs is 2. The molecule has 3 heteroatoms. The Morgan fingerprint density at radius 2 is 1.84 bits per heavy atom. The zero-order valence-corrected chi connectivity index (χ0v) is 14.4. The molecule has 0 unspecified atom stereocenters. The third kappa shape index (κ3) is 3.52. The van der Waals surface area contributed by atoms with Gasteiger partial charge in [-0.25, -0.2) is 0 Å². The summed E-state index contributed by atoms with van der Waals surface area (Å²) in [6.45, 7) is 3.82. The highest BCUT2D eigenvalue weighted by atomic mass is 14.8. The van der Waals surface area contributed by atoms with Crippen LogP contribution in [0.4, 0.5) is 0 Å². The van der Waals surface area contributed by atoms with Gasteiger partial charge in [0.2, 0.25) is 0 Å². The summed E-state index contributed by atoms with van der Waals surface area (Å²) in [7, 11) is 0. The van der Waals surface area contributed by atoms with Crippen molar-refractivity contribution < 1.29 is 0 Å². The van der Waals surface area contributed by atoms with Crippen LogP contribution >= 0.6 is 0 Å². The van der Waals surface area contributed by atoms with E-state index >= 15 is 0 Å². The number of aromatic nitrogens is 2. The summed E-state index contributed by atoms with van der Waals surface area (Å²) in [5.74, 6) is 0. The van der Waals surface area contributed by atoms with Gasteiger partial charge in [-0.1, -0.05) is 36.4 Å². The van der Waals surface area contributed by atoms with Crippen LogP contribution in [0.3, 0.4) is 0 Å². The molecule has 124 valence electrons. The second-order valence-corrected chi connectivity index (χ2v) is 6.40. The first-order valence-corrected chi connectivity index (χ1v) is 8.69. The lowest BCUT2D eigenvalue weighted by atomic mass is 10.1. The molecule has 1 N–H and O–H groups in total. The number of pyridine rings is 2. The monoisotopic (exact) mass is 327 g/mol. The normalized spacial score (nSPS) is 11.2. The second-order valence-electron chi connectivity index (χ2n) is 6.40. The van der Waals surface area contributed by atoms with Gasteiger partial charge in [0.25, 0.3) is 0 Å². The minimum Gasteiger partial charge on any atom is -0.312 e. The van der Waals surface area contributed by atoms with Gasteiger partial charge in [-0.15, -0.1) is 0 Å². The van der Waals surface area contributed by atoms with Gasteiger partial charge >= 0.3 is 0 Å². The summed E-state index contributed by atoms with van der Waals surface area (Å²) < 4.78 is 0. The molecule has 0 amide bonds. The highest BCUT2D eigenvalue weighted by Gasteiger charge is 2.02. The van der Waals surface area contributed by atoms with Crippen LogP contribution in [0.15, 0.2) is 66.9 Å². The zero-order valence-electron chi connectivity index (χ0n) is 14.4. The maximum absolute atomic E-state index is 4.55. The van der Waals surface area contributed by atoms with Gasteiger partial charge in [0.15, 0.2) is 0 Å². The molecule has 0 aliphatic rings. The summed E-state index contributed by atoms with van der Waals surface area (Å²) in [5.41, 5.74) is 5.81. The summed E-state index contributed by atoms with van der Waals surface area (Å²) in [6.07, 6.45) is 2.84. The van der Waals surface area contributed by atoms with Crippen LogP contribution in [0.25, 0.3) is 21.8 Å². The molecule has 4 aromatic rings. The van der Waals surface area contributed by atoms with Crippen molar-refractivity contribution in [3.05, 3.63) is 83.7 Å². The van der Waals surface area contributed by atoms with Crippen LogP contribution in [-0.2, 0) is 13.0 Å². The third-order valence-corrected chi connectivity index (χ3v) is 4.51. The maximum Gasteiger partial charge on any atom is 0.0734 e. The molecular formula is C22H21N3. The minimum absolute atomic E-state index is 0.863. The van der Waals surface area contributed by atoms with Crippen molar-refractivity contribution in [2.75, 3.05) is 6.54 Å². The smallest absolute Gasteiger partial charge is 0.0734 e. The molecule has 3 nitrogen and oxygen atoms in total. The lowest BCUT2D eigenvalue weighted by Gasteiger charge is -2.08. The Morgan fingerprint density at radius 3 is 2.80 bits per heavy atom. The molecule has 0 saturated heterocycles. The van der Waals surface area contributed by atoms with Crippen molar-refractivity contribution in [1.29, 1.82) is 0 Å². The first-order chi connectivity index (χ1) is 12.3. The molecule has 0 saturated carbocycles. The molecule has 2 aromatic heterocycles. The predicted molar refractivity (Wildman–Crippen MR) is 104 cm³/mol. The number of nitrogens with zero attached hydrogens (tertiary/aromatic N) is 2. The quantitative estimate of drug-likeness (QED) is 0.551. The van der Waals surface area contributed by atoms with E-state index in [-0.39, 0.29) is 0 Å².